The molecule has 0 fully saturated rings. The van der Waals surface area contributed by atoms with Crippen molar-refractivity contribution in [2.24, 2.45) is 0 Å². The van der Waals surface area contributed by atoms with Gasteiger partial charge in [-0.1, -0.05) is 28.1 Å². The third kappa shape index (κ3) is 2.36. The zero-order valence-electron chi connectivity index (χ0n) is 10.1. The fourth-order valence-corrected chi connectivity index (χ4v) is 2.51. The Kier molecular flexibility index (Phi) is 3.62. The lowest BCUT2D eigenvalue weighted by molar-refractivity contribution is 0.103. The molecule has 0 atom stereocenters. The van der Waals surface area contributed by atoms with Crippen molar-refractivity contribution in [3.05, 3.63) is 68.9 Å². The van der Waals surface area contributed by atoms with E-state index in [0.29, 0.717) is 22.3 Å². The van der Waals surface area contributed by atoms with Gasteiger partial charge in [0, 0.05) is 15.6 Å². The molecule has 0 aliphatic heterocycles. The Labute approximate surface area is 114 Å². The van der Waals surface area contributed by atoms with Crippen LogP contribution in [0.1, 0.15) is 27.0 Å². The fourth-order valence-electron chi connectivity index (χ4n) is 2.05. The molecule has 18 heavy (non-hydrogen) atoms. The van der Waals surface area contributed by atoms with Gasteiger partial charge in [-0.15, -0.1) is 0 Å². The van der Waals surface area contributed by atoms with E-state index in [1.165, 1.54) is 12.1 Å². The summed E-state index contributed by atoms with van der Waals surface area (Å²) in [7, 11) is 0. The Morgan fingerprint density at radius 2 is 1.67 bits per heavy atom. The molecular formula is C15H12BrFO. The van der Waals surface area contributed by atoms with Crippen LogP contribution in [0.4, 0.5) is 4.39 Å². The maximum absolute atomic E-state index is 13.2. The molecule has 2 aromatic rings. The van der Waals surface area contributed by atoms with Gasteiger partial charge in [0.2, 0.25) is 0 Å². The molecule has 3 heteroatoms. The molecule has 0 aliphatic carbocycles. The Morgan fingerprint density at radius 1 is 1.11 bits per heavy atom. The summed E-state index contributed by atoms with van der Waals surface area (Å²) >= 11 is 3.36. The molecule has 0 N–H and O–H groups in total. The molecule has 0 saturated carbocycles. The SMILES string of the molecule is Cc1cc(F)cc(C)c1C(=O)c1ccccc1Br. The van der Waals surface area contributed by atoms with Crippen LogP contribution in [0.5, 0.6) is 0 Å². The van der Waals surface area contributed by atoms with Crippen LogP contribution in [0.25, 0.3) is 0 Å². The predicted molar refractivity (Wildman–Crippen MR) is 73.4 cm³/mol. The van der Waals surface area contributed by atoms with E-state index in [1.807, 2.05) is 18.2 Å². The maximum Gasteiger partial charge on any atom is 0.194 e. The number of halogens is 2. The van der Waals surface area contributed by atoms with Crippen molar-refractivity contribution in [1.82, 2.24) is 0 Å². The van der Waals surface area contributed by atoms with E-state index in [1.54, 1.807) is 19.9 Å². The molecule has 0 bridgehead atoms. The van der Waals surface area contributed by atoms with E-state index >= 15 is 0 Å². The number of ketones is 1. The smallest absolute Gasteiger partial charge is 0.194 e. The van der Waals surface area contributed by atoms with Crippen LogP contribution in [0.15, 0.2) is 40.9 Å². The Hall–Kier alpha value is -1.48. The molecule has 0 amide bonds. The molecule has 2 rings (SSSR count). The minimum Gasteiger partial charge on any atom is -0.289 e. The van der Waals surface area contributed by atoms with Crippen molar-refractivity contribution in [3.8, 4) is 0 Å². The van der Waals surface area contributed by atoms with Gasteiger partial charge in [0.05, 0.1) is 0 Å². The van der Waals surface area contributed by atoms with Crippen molar-refractivity contribution in [1.29, 1.82) is 0 Å². The van der Waals surface area contributed by atoms with Gasteiger partial charge in [-0.2, -0.15) is 0 Å². The van der Waals surface area contributed by atoms with Crippen LogP contribution in [0.3, 0.4) is 0 Å². The van der Waals surface area contributed by atoms with E-state index in [9.17, 15) is 9.18 Å². The number of carbonyl (C=O) groups is 1. The molecule has 2 aromatic carbocycles. The highest BCUT2D eigenvalue weighted by Crippen LogP contribution is 2.24. The zero-order valence-corrected chi connectivity index (χ0v) is 11.7. The lowest BCUT2D eigenvalue weighted by Crippen LogP contribution is -2.07. The molecule has 0 heterocycles. The van der Waals surface area contributed by atoms with Gasteiger partial charge in [0.15, 0.2) is 5.78 Å². The summed E-state index contributed by atoms with van der Waals surface area (Å²) in [5.74, 6) is -0.397. The Balaban J connectivity index is 2.57. The van der Waals surface area contributed by atoms with Crippen molar-refractivity contribution < 1.29 is 9.18 Å². The second-order valence-electron chi connectivity index (χ2n) is 4.22. The standard InChI is InChI=1S/C15H12BrFO/c1-9-7-11(17)8-10(2)14(9)15(18)12-5-3-4-6-13(12)16/h3-8H,1-2H3. The zero-order chi connectivity index (χ0) is 13.3. The summed E-state index contributed by atoms with van der Waals surface area (Å²) in [5.41, 5.74) is 2.49. The minimum absolute atomic E-state index is 0.0857. The number of aryl methyl sites for hydroxylation is 2. The maximum atomic E-state index is 13.2. The first-order valence-electron chi connectivity index (χ1n) is 5.56. The lowest BCUT2D eigenvalue weighted by atomic mass is 9.95. The van der Waals surface area contributed by atoms with Crippen molar-refractivity contribution in [3.63, 3.8) is 0 Å². The largest absolute Gasteiger partial charge is 0.289 e. The van der Waals surface area contributed by atoms with Crippen LogP contribution in [0, 0.1) is 19.7 Å². The molecule has 1 nitrogen and oxygen atoms in total. The summed E-state index contributed by atoms with van der Waals surface area (Å²) in [6.45, 7) is 3.50. The highest BCUT2D eigenvalue weighted by molar-refractivity contribution is 9.10. The van der Waals surface area contributed by atoms with Crippen LogP contribution < -0.4 is 0 Å². The van der Waals surface area contributed by atoms with E-state index in [-0.39, 0.29) is 11.6 Å². The van der Waals surface area contributed by atoms with E-state index in [4.69, 9.17) is 0 Å². The van der Waals surface area contributed by atoms with Gasteiger partial charge in [-0.25, -0.2) is 4.39 Å². The highest BCUT2D eigenvalue weighted by Gasteiger charge is 2.17. The fraction of sp³-hybridized carbons (Fsp3) is 0.133. The van der Waals surface area contributed by atoms with Crippen LogP contribution in [-0.2, 0) is 0 Å². The predicted octanol–water partition coefficient (Wildman–Crippen LogP) is 4.44. The van der Waals surface area contributed by atoms with Crippen molar-refractivity contribution in [2.75, 3.05) is 0 Å². The van der Waals surface area contributed by atoms with Gasteiger partial charge in [0.1, 0.15) is 5.82 Å². The minimum atomic E-state index is -0.311. The summed E-state index contributed by atoms with van der Waals surface area (Å²) in [5, 5.41) is 0. The molecule has 0 aliphatic rings. The van der Waals surface area contributed by atoms with Crippen LogP contribution in [-0.4, -0.2) is 5.78 Å². The first-order chi connectivity index (χ1) is 8.50. The topological polar surface area (TPSA) is 17.1 Å². The second-order valence-corrected chi connectivity index (χ2v) is 5.08. The highest BCUT2D eigenvalue weighted by atomic mass is 79.9. The number of carbonyl (C=O) groups excluding carboxylic acids is 1. The monoisotopic (exact) mass is 306 g/mol. The lowest BCUT2D eigenvalue weighted by Gasteiger charge is -2.10. The summed E-state index contributed by atoms with van der Waals surface area (Å²) in [4.78, 5) is 12.5. The molecule has 0 aromatic heterocycles. The summed E-state index contributed by atoms with van der Waals surface area (Å²) < 4.78 is 14.0. The molecule has 0 radical (unpaired) electrons. The second kappa shape index (κ2) is 5.02. The molecular weight excluding hydrogens is 295 g/mol. The third-order valence-corrected chi connectivity index (χ3v) is 3.53. The first kappa shape index (κ1) is 13.0. The quantitative estimate of drug-likeness (QED) is 0.750. The number of rotatable bonds is 2. The van der Waals surface area contributed by atoms with Crippen LogP contribution in [0.2, 0.25) is 0 Å². The Morgan fingerprint density at radius 3 is 2.22 bits per heavy atom. The molecule has 0 spiro atoms. The van der Waals surface area contributed by atoms with E-state index < -0.39 is 0 Å². The van der Waals surface area contributed by atoms with E-state index in [2.05, 4.69) is 15.9 Å². The normalized spacial score (nSPS) is 10.4. The van der Waals surface area contributed by atoms with Gasteiger partial charge in [-0.05, 0) is 49.2 Å². The first-order valence-corrected chi connectivity index (χ1v) is 6.36. The van der Waals surface area contributed by atoms with Gasteiger partial charge in [-0.3, -0.25) is 4.79 Å². The van der Waals surface area contributed by atoms with Gasteiger partial charge >= 0.3 is 0 Å². The average molecular weight is 307 g/mol. The Bertz CT molecular complexity index is 597. The van der Waals surface area contributed by atoms with Gasteiger partial charge in [0.25, 0.3) is 0 Å². The number of hydrogen-bond acceptors (Lipinski definition) is 1. The average Bonchev–Trinajstić information content (AvgIpc) is 2.27. The van der Waals surface area contributed by atoms with Crippen molar-refractivity contribution in [2.45, 2.75) is 13.8 Å². The third-order valence-electron chi connectivity index (χ3n) is 2.84. The van der Waals surface area contributed by atoms with Crippen LogP contribution >= 0.6 is 15.9 Å². The van der Waals surface area contributed by atoms with Gasteiger partial charge < -0.3 is 0 Å². The van der Waals surface area contributed by atoms with Crippen molar-refractivity contribution >= 4 is 21.7 Å². The summed E-state index contributed by atoms with van der Waals surface area (Å²) in [6.07, 6.45) is 0. The summed E-state index contributed by atoms with van der Waals surface area (Å²) in [6, 6.07) is 10.0. The molecule has 0 unspecified atom stereocenters. The number of benzene rings is 2. The molecule has 92 valence electrons. The molecule has 0 saturated heterocycles. The number of hydrogen-bond donors (Lipinski definition) is 0. The van der Waals surface area contributed by atoms with E-state index in [0.717, 1.165) is 4.47 Å².